The monoisotopic (exact) mass is 344 g/mol. The van der Waals surface area contributed by atoms with Crippen molar-refractivity contribution in [3.8, 4) is 0 Å². The summed E-state index contributed by atoms with van der Waals surface area (Å²) in [6.45, 7) is 2.05. The van der Waals surface area contributed by atoms with Crippen LogP contribution in [0.2, 0.25) is 0 Å². The van der Waals surface area contributed by atoms with E-state index in [0.29, 0.717) is 6.42 Å². The van der Waals surface area contributed by atoms with Gasteiger partial charge in [0.15, 0.2) is 0 Å². The van der Waals surface area contributed by atoms with Crippen molar-refractivity contribution >= 4 is 27.5 Å². The molecule has 1 amide bonds. The van der Waals surface area contributed by atoms with Gasteiger partial charge in [-0.05, 0) is 47.4 Å². The maximum atomic E-state index is 11.8. The zero-order valence-electron chi connectivity index (χ0n) is 12.1. The Labute approximate surface area is 132 Å². The van der Waals surface area contributed by atoms with E-state index in [9.17, 15) is 4.79 Å². The molecule has 0 spiro atoms. The van der Waals surface area contributed by atoms with Gasteiger partial charge in [0.05, 0.1) is 12.5 Å². The number of anilines is 1. The molecule has 0 radical (unpaired) electrons. The van der Waals surface area contributed by atoms with Crippen LogP contribution in [0.25, 0.3) is 0 Å². The lowest BCUT2D eigenvalue weighted by Gasteiger charge is -2.16. The number of hydrogen-bond donors (Lipinski definition) is 1. The number of nitrogens with two attached hydrogens (primary N) is 1. The Kier molecular flexibility index (Phi) is 3.59. The molecular weight excluding hydrogens is 328 g/mol. The van der Waals surface area contributed by atoms with Crippen molar-refractivity contribution in [3.63, 3.8) is 0 Å². The summed E-state index contributed by atoms with van der Waals surface area (Å²) >= 11 is 3.51. The van der Waals surface area contributed by atoms with Gasteiger partial charge in [-0.25, -0.2) is 0 Å². The van der Waals surface area contributed by atoms with Gasteiger partial charge in [-0.3, -0.25) is 4.79 Å². The normalized spacial score (nSPS) is 15.2. The number of hydrogen-bond acceptors (Lipinski definition) is 2. The van der Waals surface area contributed by atoms with Crippen LogP contribution < -0.4 is 10.6 Å². The van der Waals surface area contributed by atoms with Crippen LogP contribution in [0.3, 0.4) is 0 Å². The number of benzene rings is 2. The number of halogens is 1. The van der Waals surface area contributed by atoms with E-state index >= 15 is 0 Å². The molecule has 0 aliphatic carbocycles. The molecule has 1 heterocycles. The van der Waals surface area contributed by atoms with Gasteiger partial charge in [-0.15, -0.1) is 0 Å². The highest BCUT2D eigenvalue weighted by Crippen LogP contribution is 2.32. The van der Waals surface area contributed by atoms with Crippen LogP contribution in [0, 0.1) is 6.92 Å². The molecule has 3 rings (SSSR count). The lowest BCUT2D eigenvalue weighted by molar-refractivity contribution is -0.117. The van der Waals surface area contributed by atoms with Crippen LogP contribution in [0.15, 0.2) is 40.9 Å². The maximum Gasteiger partial charge on any atom is 0.231 e. The van der Waals surface area contributed by atoms with E-state index in [1.807, 2.05) is 25.2 Å². The Morgan fingerprint density at radius 1 is 1.19 bits per heavy atom. The molecule has 3 nitrogen and oxygen atoms in total. The molecule has 4 heteroatoms. The number of carbonyl (C=O) groups is 1. The third-order valence-corrected chi connectivity index (χ3v) is 4.42. The summed E-state index contributed by atoms with van der Waals surface area (Å²) in [5.74, 6) is 0.133. The van der Waals surface area contributed by atoms with Crippen molar-refractivity contribution < 1.29 is 4.79 Å². The number of likely N-dealkylation sites (N-methyl/N-ethyl adjacent to an activating group) is 1. The van der Waals surface area contributed by atoms with Crippen LogP contribution in [-0.2, 0) is 11.2 Å². The average Bonchev–Trinajstić information content (AvgIpc) is 2.71. The van der Waals surface area contributed by atoms with Crippen LogP contribution >= 0.6 is 15.9 Å². The zero-order valence-corrected chi connectivity index (χ0v) is 13.6. The van der Waals surface area contributed by atoms with Crippen LogP contribution in [0.4, 0.5) is 5.69 Å². The lowest BCUT2D eigenvalue weighted by atomic mass is 9.96. The fourth-order valence-corrected chi connectivity index (χ4v) is 3.45. The highest BCUT2D eigenvalue weighted by atomic mass is 79.9. The third kappa shape index (κ3) is 2.61. The van der Waals surface area contributed by atoms with Crippen LogP contribution in [0.5, 0.6) is 0 Å². The second-order valence-corrected chi connectivity index (χ2v) is 6.47. The van der Waals surface area contributed by atoms with Gasteiger partial charge < -0.3 is 10.6 Å². The maximum absolute atomic E-state index is 11.8. The molecule has 2 N–H and O–H groups in total. The van der Waals surface area contributed by atoms with E-state index < -0.39 is 0 Å². The first-order valence-corrected chi connectivity index (χ1v) is 7.67. The van der Waals surface area contributed by atoms with Gasteiger partial charge in [0.25, 0.3) is 0 Å². The average molecular weight is 345 g/mol. The SMILES string of the molecule is Cc1cc(Br)cc(C(N)c2ccc3c(c2)CC(=O)N3C)c1. The first kappa shape index (κ1) is 14.3. The van der Waals surface area contributed by atoms with E-state index in [4.69, 9.17) is 5.73 Å². The highest BCUT2D eigenvalue weighted by molar-refractivity contribution is 9.10. The molecule has 108 valence electrons. The van der Waals surface area contributed by atoms with Crippen LogP contribution in [0.1, 0.15) is 28.3 Å². The number of fused-ring (bicyclic) bond motifs is 1. The Balaban J connectivity index is 1.98. The van der Waals surface area contributed by atoms with E-state index in [-0.39, 0.29) is 11.9 Å². The van der Waals surface area contributed by atoms with Crippen molar-refractivity contribution in [1.82, 2.24) is 0 Å². The number of nitrogens with zero attached hydrogens (tertiary/aromatic N) is 1. The molecule has 0 bridgehead atoms. The predicted octanol–water partition coefficient (Wildman–Crippen LogP) is 3.32. The summed E-state index contributed by atoms with van der Waals surface area (Å²) in [4.78, 5) is 13.5. The van der Waals surface area contributed by atoms with Crippen molar-refractivity contribution in [2.24, 2.45) is 5.73 Å². The molecular formula is C17H17BrN2O. The number of aryl methyl sites for hydroxylation is 1. The van der Waals surface area contributed by atoms with E-state index in [1.165, 1.54) is 5.56 Å². The van der Waals surface area contributed by atoms with Gasteiger partial charge >= 0.3 is 0 Å². The summed E-state index contributed by atoms with van der Waals surface area (Å²) in [7, 11) is 1.81. The summed E-state index contributed by atoms with van der Waals surface area (Å²) in [5.41, 5.74) is 11.7. The van der Waals surface area contributed by atoms with Crippen molar-refractivity contribution in [3.05, 3.63) is 63.1 Å². The van der Waals surface area contributed by atoms with E-state index in [2.05, 4.69) is 41.1 Å². The number of rotatable bonds is 2. The Morgan fingerprint density at radius 3 is 2.67 bits per heavy atom. The van der Waals surface area contributed by atoms with E-state index in [1.54, 1.807) is 4.90 Å². The minimum absolute atomic E-state index is 0.133. The molecule has 21 heavy (non-hydrogen) atoms. The molecule has 2 aromatic carbocycles. The summed E-state index contributed by atoms with van der Waals surface area (Å²) in [6.07, 6.45) is 0.462. The van der Waals surface area contributed by atoms with Gasteiger partial charge in [-0.1, -0.05) is 34.1 Å². The largest absolute Gasteiger partial charge is 0.320 e. The third-order valence-electron chi connectivity index (χ3n) is 3.96. The first-order valence-electron chi connectivity index (χ1n) is 6.88. The van der Waals surface area contributed by atoms with Gasteiger partial charge in [-0.2, -0.15) is 0 Å². The lowest BCUT2D eigenvalue weighted by Crippen LogP contribution is -2.20. The highest BCUT2D eigenvalue weighted by Gasteiger charge is 2.24. The van der Waals surface area contributed by atoms with Gasteiger partial charge in [0.1, 0.15) is 0 Å². The molecule has 1 unspecified atom stereocenters. The van der Waals surface area contributed by atoms with E-state index in [0.717, 1.165) is 26.9 Å². The molecule has 1 aliphatic rings. The minimum atomic E-state index is -0.187. The quantitative estimate of drug-likeness (QED) is 0.908. The summed E-state index contributed by atoms with van der Waals surface area (Å²) < 4.78 is 1.03. The van der Waals surface area contributed by atoms with Crippen molar-refractivity contribution in [1.29, 1.82) is 0 Å². The Morgan fingerprint density at radius 2 is 1.95 bits per heavy atom. The minimum Gasteiger partial charge on any atom is -0.320 e. The zero-order chi connectivity index (χ0) is 15.1. The summed E-state index contributed by atoms with van der Waals surface area (Å²) in [5, 5.41) is 0. The first-order chi connectivity index (χ1) is 9.95. The predicted molar refractivity (Wildman–Crippen MR) is 88.5 cm³/mol. The molecule has 2 aromatic rings. The Hall–Kier alpha value is -1.65. The fraction of sp³-hybridized carbons (Fsp3) is 0.235. The standard InChI is InChI=1S/C17H17BrN2O/c1-10-5-13(8-14(18)6-10)17(19)11-3-4-15-12(7-11)9-16(21)20(15)2/h3-8,17H,9,19H2,1-2H3. The second kappa shape index (κ2) is 5.28. The molecule has 0 aromatic heterocycles. The van der Waals surface area contributed by atoms with Crippen molar-refractivity contribution in [2.45, 2.75) is 19.4 Å². The number of amides is 1. The summed E-state index contributed by atoms with van der Waals surface area (Å²) in [6, 6.07) is 12.1. The topological polar surface area (TPSA) is 46.3 Å². The number of carbonyl (C=O) groups excluding carboxylic acids is 1. The molecule has 0 fully saturated rings. The smallest absolute Gasteiger partial charge is 0.231 e. The Bertz CT molecular complexity index is 706. The molecule has 0 saturated heterocycles. The molecule has 1 atom stereocenters. The van der Waals surface area contributed by atoms with Crippen LogP contribution in [-0.4, -0.2) is 13.0 Å². The molecule has 1 aliphatic heterocycles. The van der Waals surface area contributed by atoms with Crippen molar-refractivity contribution in [2.75, 3.05) is 11.9 Å². The second-order valence-electron chi connectivity index (χ2n) is 5.56. The molecule has 0 saturated carbocycles. The van der Waals surface area contributed by atoms with Gasteiger partial charge in [0.2, 0.25) is 5.91 Å². The van der Waals surface area contributed by atoms with Gasteiger partial charge in [0, 0.05) is 17.2 Å². The fourth-order valence-electron chi connectivity index (χ4n) is 2.82.